The standard InChI is InChI=1S/C12H24N2/c1-10-4-6-12(7-5-10)14(3)9-11(2)8-13/h10,12H,2,4-9,13H2,1,3H3. The van der Waals surface area contributed by atoms with E-state index in [1.165, 1.54) is 25.7 Å². The highest BCUT2D eigenvalue weighted by molar-refractivity contribution is 4.99. The molecule has 0 aromatic carbocycles. The summed E-state index contributed by atoms with van der Waals surface area (Å²) in [6, 6.07) is 0.759. The van der Waals surface area contributed by atoms with Gasteiger partial charge in [0.25, 0.3) is 0 Å². The van der Waals surface area contributed by atoms with E-state index in [1.807, 2.05) is 0 Å². The largest absolute Gasteiger partial charge is 0.327 e. The second kappa shape index (κ2) is 5.52. The Bertz CT molecular complexity index is 181. The first-order chi connectivity index (χ1) is 6.63. The van der Waals surface area contributed by atoms with Crippen LogP contribution in [0.1, 0.15) is 32.6 Å². The topological polar surface area (TPSA) is 29.3 Å². The summed E-state index contributed by atoms with van der Waals surface area (Å²) in [5.74, 6) is 0.928. The highest BCUT2D eigenvalue weighted by Crippen LogP contribution is 2.26. The molecule has 2 N–H and O–H groups in total. The van der Waals surface area contributed by atoms with Crippen molar-refractivity contribution < 1.29 is 0 Å². The summed E-state index contributed by atoms with van der Waals surface area (Å²) in [7, 11) is 2.20. The van der Waals surface area contributed by atoms with Crippen LogP contribution in [0.2, 0.25) is 0 Å². The van der Waals surface area contributed by atoms with Crippen LogP contribution >= 0.6 is 0 Å². The lowest BCUT2D eigenvalue weighted by Gasteiger charge is -2.33. The molecule has 1 saturated carbocycles. The van der Waals surface area contributed by atoms with Gasteiger partial charge in [0.2, 0.25) is 0 Å². The minimum absolute atomic E-state index is 0.619. The van der Waals surface area contributed by atoms with E-state index in [-0.39, 0.29) is 0 Å². The SMILES string of the molecule is C=C(CN)CN(C)C1CCC(C)CC1. The molecule has 2 nitrogen and oxygen atoms in total. The van der Waals surface area contributed by atoms with Gasteiger partial charge in [0.05, 0.1) is 0 Å². The monoisotopic (exact) mass is 196 g/mol. The summed E-state index contributed by atoms with van der Waals surface area (Å²) < 4.78 is 0. The molecule has 0 unspecified atom stereocenters. The van der Waals surface area contributed by atoms with E-state index in [4.69, 9.17) is 5.73 Å². The van der Waals surface area contributed by atoms with Crippen LogP contribution in [0.15, 0.2) is 12.2 Å². The van der Waals surface area contributed by atoms with Gasteiger partial charge in [-0.05, 0) is 44.2 Å². The fourth-order valence-electron chi connectivity index (χ4n) is 2.23. The quantitative estimate of drug-likeness (QED) is 0.697. The van der Waals surface area contributed by atoms with Crippen molar-refractivity contribution in [1.29, 1.82) is 0 Å². The van der Waals surface area contributed by atoms with Crippen LogP contribution in [0.5, 0.6) is 0 Å². The molecule has 0 heterocycles. The molecule has 0 amide bonds. The maximum absolute atomic E-state index is 5.55. The van der Waals surface area contributed by atoms with E-state index in [0.29, 0.717) is 6.54 Å². The summed E-state index contributed by atoms with van der Waals surface area (Å²) in [5, 5.41) is 0. The Labute approximate surface area is 88.2 Å². The van der Waals surface area contributed by atoms with Gasteiger partial charge in [0.1, 0.15) is 0 Å². The predicted octanol–water partition coefficient (Wildman–Crippen LogP) is 2.01. The van der Waals surface area contributed by atoms with Crippen molar-refractivity contribution >= 4 is 0 Å². The molecule has 0 bridgehead atoms. The molecule has 0 saturated heterocycles. The molecule has 82 valence electrons. The van der Waals surface area contributed by atoms with Crippen molar-refractivity contribution in [3.8, 4) is 0 Å². The molecule has 1 rings (SSSR count). The van der Waals surface area contributed by atoms with E-state index in [2.05, 4.69) is 25.5 Å². The Balaban J connectivity index is 2.30. The Morgan fingerprint density at radius 1 is 1.36 bits per heavy atom. The van der Waals surface area contributed by atoms with Crippen molar-refractivity contribution in [1.82, 2.24) is 4.90 Å². The average Bonchev–Trinajstić information content (AvgIpc) is 2.18. The summed E-state index contributed by atoms with van der Waals surface area (Å²) in [5.41, 5.74) is 6.69. The number of rotatable bonds is 4. The zero-order chi connectivity index (χ0) is 10.6. The average molecular weight is 196 g/mol. The summed E-state index contributed by atoms with van der Waals surface area (Å²) >= 11 is 0. The van der Waals surface area contributed by atoms with E-state index in [0.717, 1.165) is 24.1 Å². The molecule has 0 aliphatic heterocycles. The lowest BCUT2D eigenvalue weighted by atomic mass is 9.86. The third kappa shape index (κ3) is 3.43. The molecule has 0 atom stereocenters. The Morgan fingerprint density at radius 3 is 2.43 bits per heavy atom. The van der Waals surface area contributed by atoms with Crippen LogP contribution in [-0.4, -0.2) is 31.1 Å². The molecule has 0 radical (unpaired) electrons. The van der Waals surface area contributed by atoms with Crippen molar-refractivity contribution in [3.63, 3.8) is 0 Å². The number of hydrogen-bond donors (Lipinski definition) is 1. The molecule has 1 fully saturated rings. The highest BCUT2D eigenvalue weighted by atomic mass is 15.1. The fourth-order valence-corrected chi connectivity index (χ4v) is 2.23. The van der Waals surface area contributed by atoms with E-state index < -0.39 is 0 Å². The van der Waals surface area contributed by atoms with E-state index in [9.17, 15) is 0 Å². The molecule has 0 spiro atoms. The van der Waals surface area contributed by atoms with Crippen LogP contribution in [0, 0.1) is 5.92 Å². The van der Waals surface area contributed by atoms with Gasteiger partial charge in [-0.15, -0.1) is 0 Å². The van der Waals surface area contributed by atoms with Gasteiger partial charge in [-0.2, -0.15) is 0 Å². The summed E-state index contributed by atoms with van der Waals surface area (Å²) in [6.07, 6.45) is 5.44. The molecular formula is C12H24N2. The number of nitrogens with two attached hydrogens (primary N) is 1. The first kappa shape index (κ1) is 11.7. The zero-order valence-corrected chi connectivity index (χ0v) is 9.63. The van der Waals surface area contributed by atoms with Gasteiger partial charge in [-0.1, -0.05) is 13.5 Å². The van der Waals surface area contributed by atoms with Crippen LogP contribution in [-0.2, 0) is 0 Å². The van der Waals surface area contributed by atoms with Gasteiger partial charge in [-0.25, -0.2) is 0 Å². The van der Waals surface area contributed by atoms with Crippen LogP contribution in [0.4, 0.5) is 0 Å². The summed E-state index contributed by atoms with van der Waals surface area (Å²) in [4.78, 5) is 2.42. The van der Waals surface area contributed by atoms with Crippen molar-refractivity contribution in [2.45, 2.75) is 38.6 Å². The molecule has 0 aromatic heterocycles. The minimum Gasteiger partial charge on any atom is -0.327 e. The van der Waals surface area contributed by atoms with Gasteiger partial charge >= 0.3 is 0 Å². The second-order valence-corrected chi connectivity index (χ2v) is 4.78. The Morgan fingerprint density at radius 2 is 1.93 bits per heavy atom. The van der Waals surface area contributed by atoms with Crippen molar-refractivity contribution in [2.75, 3.05) is 20.1 Å². The first-order valence-electron chi connectivity index (χ1n) is 5.70. The third-order valence-corrected chi connectivity index (χ3v) is 3.37. The lowest BCUT2D eigenvalue weighted by Crippen LogP contribution is -2.36. The normalized spacial score (nSPS) is 28.0. The zero-order valence-electron chi connectivity index (χ0n) is 9.63. The Hall–Kier alpha value is -0.340. The molecule has 1 aliphatic rings. The number of likely N-dealkylation sites (N-methyl/N-ethyl adjacent to an activating group) is 1. The number of hydrogen-bond acceptors (Lipinski definition) is 2. The fraction of sp³-hybridized carbons (Fsp3) is 0.833. The van der Waals surface area contributed by atoms with Crippen molar-refractivity contribution in [3.05, 3.63) is 12.2 Å². The maximum atomic E-state index is 5.55. The summed E-state index contributed by atoms with van der Waals surface area (Å²) in [6.45, 7) is 7.90. The molecule has 14 heavy (non-hydrogen) atoms. The van der Waals surface area contributed by atoms with Crippen LogP contribution in [0.25, 0.3) is 0 Å². The Kier molecular flexibility index (Phi) is 4.63. The lowest BCUT2D eigenvalue weighted by molar-refractivity contribution is 0.181. The molecule has 0 aromatic rings. The maximum Gasteiger partial charge on any atom is 0.0202 e. The molecule has 1 aliphatic carbocycles. The third-order valence-electron chi connectivity index (χ3n) is 3.37. The van der Waals surface area contributed by atoms with Gasteiger partial charge < -0.3 is 5.73 Å². The van der Waals surface area contributed by atoms with E-state index in [1.54, 1.807) is 0 Å². The minimum atomic E-state index is 0.619. The highest BCUT2D eigenvalue weighted by Gasteiger charge is 2.21. The number of nitrogens with zero attached hydrogens (tertiary/aromatic N) is 1. The second-order valence-electron chi connectivity index (χ2n) is 4.78. The molecule has 2 heteroatoms. The van der Waals surface area contributed by atoms with Crippen LogP contribution < -0.4 is 5.73 Å². The van der Waals surface area contributed by atoms with Crippen molar-refractivity contribution in [2.24, 2.45) is 11.7 Å². The van der Waals surface area contributed by atoms with E-state index >= 15 is 0 Å². The first-order valence-corrected chi connectivity index (χ1v) is 5.70. The van der Waals surface area contributed by atoms with Gasteiger partial charge in [-0.3, -0.25) is 4.90 Å². The smallest absolute Gasteiger partial charge is 0.0202 e. The van der Waals surface area contributed by atoms with Crippen LogP contribution in [0.3, 0.4) is 0 Å². The van der Waals surface area contributed by atoms with Gasteiger partial charge in [0, 0.05) is 19.1 Å². The predicted molar refractivity (Wildman–Crippen MR) is 62.2 cm³/mol. The molecular weight excluding hydrogens is 172 g/mol. The van der Waals surface area contributed by atoms with Gasteiger partial charge in [0.15, 0.2) is 0 Å².